The van der Waals surface area contributed by atoms with Crippen LogP contribution in [0.3, 0.4) is 0 Å². The summed E-state index contributed by atoms with van der Waals surface area (Å²) >= 11 is 0. The molecular formula is C18H22N2O2. The van der Waals surface area contributed by atoms with Crippen LogP contribution in [-0.4, -0.2) is 36.6 Å². The van der Waals surface area contributed by atoms with Crippen molar-refractivity contribution in [1.82, 2.24) is 9.96 Å². The molecule has 2 aromatic rings. The fraction of sp³-hybridized carbons (Fsp3) is 0.278. The van der Waals surface area contributed by atoms with Crippen LogP contribution in [0.15, 0.2) is 60.7 Å². The first kappa shape index (κ1) is 16.2. The fourth-order valence-corrected chi connectivity index (χ4v) is 2.24. The average molecular weight is 298 g/mol. The zero-order valence-corrected chi connectivity index (χ0v) is 13.1. The monoisotopic (exact) mass is 298 g/mol. The van der Waals surface area contributed by atoms with Gasteiger partial charge in [0.25, 0.3) is 5.91 Å². The van der Waals surface area contributed by atoms with Crippen molar-refractivity contribution >= 4 is 5.91 Å². The van der Waals surface area contributed by atoms with E-state index in [1.807, 2.05) is 36.4 Å². The van der Waals surface area contributed by atoms with E-state index in [-0.39, 0.29) is 5.91 Å². The molecule has 0 atom stereocenters. The molecule has 0 saturated carbocycles. The van der Waals surface area contributed by atoms with Crippen LogP contribution in [0.1, 0.15) is 11.1 Å². The Bertz CT molecular complexity index is 531. The summed E-state index contributed by atoms with van der Waals surface area (Å²) < 4.78 is 0. The Morgan fingerprint density at radius 3 is 1.77 bits per heavy atom. The van der Waals surface area contributed by atoms with Gasteiger partial charge in [-0.2, -0.15) is 0 Å². The number of hydrogen-bond acceptors (Lipinski definition) is 3. The molecule has 0 bridgehead atoms. The molecule has 116 valence electrons. The van der Waals surface area contributed by atoms with E-state index < -0.39 is 0 Å². The third-order valence-electron chi connectivity index (χ3n) is 3.48. The molecule has 1 amide bonds. The molecule has 0 N–H and O–H groups in total. The normalized spacial score (nSPS) is 10.7. The number of nitrogens with zero attached hydrogens (tertiary/aromatic N) is 2. The summed E-state index contributed by atoms with van der Waals surface area (Å²) in [4.78, 5) is 19.2. The molecule has 0 saturated heterocycles. The van der Waals surface area contributed by atoms with Crippen molar-refractivity contribution in [2.24, 2.45) is 0 Å². The number of likely N-dealkylation sites (N-methyl/N-ethyl adjacent to an activating group) is 1. The molecule has 0 aromatic heterocycles. The number of hydroxylamine groups is 2. The molecule has 0 aliphatic carbocycles. The van der Waals surface area contributed by atoms with Gasteiger partial charge in [-0.05, 0) is 11.1 Å². The number of amides is 1. The van der Waals surface area contributed by atoms with Crippen molar-refractivity contribution < 1.29 is 9.63 Å². The minimum Gasteiger partial charge on any atom is -0.286 e. The standard InChI is InChI=1S/C18H22N2O2/c1-19(22-2)18(21)15-20(13-16-9-5-3-6-10-16)14-17-11-7-4-8-12-17/h3-12H,13-15H2,1-2H3. The van der Waals surface area contributed by atoms with Crippen LogP contribution >= 0.6 is 0 Å². The van der Waals surface area contributed by atoms with Gasteiger partial charge in [0.05, 0.1) is 13.7 Å². The highest BCUT2D eigenvalue weighted by Crippen LogP contribution is 2.10. The van der Waals surface area contributed by atoms with E-state index in [1.165, 1.54) is 23.3 Å². The van der Waals surface area contributed by atoms with Crippen molar-refractivity contribution in [2.75, 3.05) is 20.7 Å². The first-order chi connectivity index (χ1) is 10.7. The van der Waals surface area contributed by atoms with Gasteiger partial charge in [0.2, 0.25) is 0 Å². The predicted octanol–water partition coefficient (Wildman–Crippen LogP) is 2.71. The molecular weight excluding hydrogens is 276 g/mol. The van der Waals surface area contributed by atoms with Gasteiger partial charge in [0.15, 0.2) is 0 Å². The van der Waals surface area contributed by atoms with Gasteiger partial charge < -0.3 is 0 Å². The largest absolute Gasteiger partial charge is 0.286 e. The summed E-state index contributed by atoms with van der Waals surface area (Å²) in [7, 11) is 3.13. The molecule has 0 radical (unpaired) electrons. The van der Waals surface area contributed by atoms with E-state index in [0.717, 1.165) is 13.1 Å². The average Bonchev–Trinajstić information content (AvgIpc) is 2.55. The maximum Gasteiger partial charge on any atom is 0.260 e. The summed E-state index contributed by atoms with van der Waals surface area (Å²) in [5.74, 6) is -0.0608. The fourth-order valence-electron chi connectivity index (χ4n) is 2.24. The van der Waals surface area contributed by atoms with Crippen molar-refractivity contribution in [3.63, 3.8) is 0 Å². The Labute approximate surface area is 131 Å². The Morgan fingerprint density at radius 1 is 0.909 bits per heavy atom. The van der Waals surface area contributed by atoms with E-state index in [9.17, 15) is 4.79 Å². The third-order valence-corrected chi connectivity index (χ3v) is 3.48. The zero-order valence-electron chi connectivity index (χ0n) is 13.1. The second-order valence-electron chi connectivity index (χ2n) is 5.19. The zero-order chi connectivity index (χ0) is 15.8. The van der Waals surface area contributed by atoms with Gasteiger partial charge in [-0.3, -0.25) is 14.5 Å². The second-order valence-corrected chi connectivity index (χ2v) is 5.19. The highest BCUT2D eigenvalue weighted by atomic mass is 16.7. The topological polar surface area (TPSA) is 32.8 Å². The van der Waals surface area contributed by atoms with Crippen LogP contribution in [0.4, 0.5) is 0 Å². The summed E-state index contributed by atoms with van der Waals surface area (Å²) in [6.45, 7) is 1.76. The van der Waals surface area contributed by atoms with Crippen molar-refractivity contribution in [1.29, 1.82) is 0 Å². The van der Waals surface area contributed by atoms with Gasteiger partial charge in [-0.15, -0.1) is 0 Å². The maximum atomic E-state index is 12.1. The Hall–Kier alpha value is -2.17. The number of rotatable bonds is 7. The molecule has 4 heteroatoms. The molecule has 2 aromatic carbocycles. The van der Waals surface area contributed by atoms with Crippen LogP contribution < -0.4 is 0 Å². The van der Waals surface area contributed by atoms with E-state index in [2.05, 4.69) is 29.2 Å². The molecule has 0 heterocycles. The summed E-state index contributed by atoms with van der Waals surface area (Å²) in [6.07, 6.45) is 0. The number of carbonyl (C=O) groups is 1. The Balaban J connectivity index is 2.08. The molecule has 0 unspecified atom stereocenters. The minimum atomic E-state index is -0.0608. The molecule has 0 aliphatic heterocycles. The summed E-state index contributed by atoms with van der Waals surface area (Å²) in [5, 5.41) is 1.27. The molecule has 0 aliphatic rings. The van der Waals surface area contributed by atoms with Gasteiger partial charge in [-0.25, -0.2) is 5.06 Å². The Morgan fingerprint density at radius 2 is 1.36 bits per heavy atom. The van der Waals surface area contributed by atoms with Crippen LogP contribution in [0.5, 0.6) is 0 Å². The van der Waals surface area contributed by atoms with Crippen molar-refractivity contribution in [3.8, 4) is 0 Å². The quantitative estimate of drug-likeness (QED) is 0.737. The highest BCUT2D eigenvalue weighted by molar-refractivity contribution is 5.76. The van der Waals surface area contributed by atoms with E-state index in [1.54, 1.807) is 7.05 Å². The van der Waals surface area contributed by atoms with Gasteiger partial charge in [0, 0.05) is 20.1 Å². The van der Waals surface area contributed by atoms with Crippen LogP contribution in [0, 0.1) is 0 Å². The highest BCUT2D eigenvalue weighted by Gasteiger charge is 2.15. The lowest BCUT2D eigenvalue weighted by molar-refractivity contribution is -0.170. The Kier molecular flexibility index (Phi) is 6.13. The lowest BCUT2D eigenvalue weighted by Crippen LogP contribution is -2.37. The number of hydrogen-bond donors (Lipinski definition) is 0. The first-order valence-corrected chi connectivity index (χ1v) is 7.30. The van der Waals surface area contributed by atoms with Crippen LogP contribution in [-0.2, 0) is 22.7 Å². The van der Waals surface area contributed by atoms with E-state index >= 15 is 0 Å². The van der Waals surface area contributed by atoms with Gasteiger partial charge in [0.1, 0.15) is 0 Å². The molecule has 22 heavy (non-hydrogen) atoms. The second kappa shape index (κ2) is 8.32. The summed E-state index contributed by atoms with van der Waals surface area (Å²) in [5.41, 5.74) is 2.37. The third kappa shape index (κ3) is 4.98. The van der Waals surface area contributed by atoms with Crippen LogP contribution in [0.25, 0.3) is 0 Å². The van der Waals surface area contributed by atoms with Gasteiger partial charge >= 0.3 is 0 Å². The predicted molar refractivity (Wildman–Crippen MR) is 86.8 cm³/mol. The SMILES string of the molecule is CON(C)C(=O)CN(Cc1ccccc1)Cc1ccccc1. The number of carbonyl (C=O) groups excluding carboxylic acids is 1. The molecule has 0 spiro atoms. The number of benzene rings is 2. The summed E-state index contributed by atoms with van der Waals surface area (Å²) in [6, 6.07) is 20.3. The van der Waals surface area contributed by atoms with Crippen LogP contribution in [0.2, 0.25) is 0 Å². The van der Waals surface area contributed by atoms with Gasteiger partial charge in [-0.1, -0.05) is 60.7 Å². The molecule has 4 nitrogen and oxygen atoms in total. The minimum absolute atomic E-state index is 0.0608. The molecule has 2 rings (SSSR count). The van der Waals surface area contributed by atoms with Crippen molar-refractivity contribution in [2.45, 2.75) is 13.1 Å². The first-order valence-electron chi connectivity index (χ1n) is 7.30. The smallest absolute Gasteiger partial charge is 0.260 e. The van der Waals surface area contributed by atoms with Crippen molar-refractivity contribution in [3.05, 3.63) is 71.8 Å². The lowest BCUT2D eigenvalue weighted by Gasteiger charge is -2.24. The van der Waals surface area contributed by atoms with E-state index in [0.29, 0.717) is 6.54 Å². The lowest BCUT2D eigenvalue weighted by atomic mass is 10.1. The molecule has 0 fully saturated rings. The maximum absolute atomic E-state index is 12.1. The van der Waals surface area contributed by atoms with E-state index in [4.69, 9.17) is 4.84 Å².